The Kier molecular flexibility index (Phi) is 9.20. The van der Waals surface area contributed by atoms with Gasteiger partial charge in [-0.1, -0.05) is 40.7 Å². The van der Waals surface area contributed by atoms with Crippen molar-refractivity contribution in [2.75, 3.05) is 13.7 Å². The van der Waals surface area contributed by atoms with Gasteiger partial charge in [0.1, 0.15) is 6.04 Å². The fourth-order valence-corrected chi connectivity index (χ4v) is 2.53. The van der Waals surface area contributed by atoms with Crippen molar-refractivity contribution in [1.82, 2.24) is 10.2 Å². The summed E-state index contributed by atoms with van der Waals surface area (Å²) < 4.78 is 43.0. The lowest BCUT2D eigenvalue weighted by atomic mass is 9.85. The van der Waals surface area contributed by atoms with Crippen molar-refractivity contribution in [3.63, 3.8) is 0 Å². The number of rotatable bonds is 7. The van der Waals surface area contributed by atoms with E-state index in [1.54, 1.807) is 46.0 Å². The number of nitrogens with zero attached hydrogens (tertiary/aromatic N) is 1. The molecule has 0 radical (unpaired) electrons. The maximum Gasteiger partial charge on any atom is 0.471 e. The van der Waals surface area contributed by atoms with Crippen LogP contribution in [0.5, 0.6) is 0 Å². The molecule has 162 valence electrons. The third kappa shape index (κ3) is 7.52. The van der Waals surface area contributed by atoms with Crippen molar-refractivity contribution < 1.29 is 32.3 Å². The molecule has 28 heavy (non-hydrogen) atoms. The number of hydrogen-bond donors (Lipinski definition) is 1. The highest BCUT2D eigenvalue weighted by atomic mass is 19.4. The molecule has 0 aliphatic carbocycles. The normalized spacial score (nSPS) is 15.1. The summed E-state index contributed by atoms with van der Waals surface area (Å²) in [5.74, 6) is -3.53. The van der Waals surface area contributed by atoms with E-state index in [2.05, 4.69) is 0 Å². The van der Waals surface area contributed by atoms with E-state index in [-0.39, 0.29) is 18.1 Å². The van der Waals surface area contributed by atoms with Crippen LogP contribution in [0.1, 0.15) is 48.5 Å². The van der Waals surface area contributed by atoms with Gasteiger partial charge in [0.2, 0.25) is 5.91 Å². The lowest BCUT2D eigenvalue weighted by Crippen LogP contribution is -2.58. The van der Waals surface area contributed by atoms with Gasteiger partial charge in [-0.15, -0.1) is 0 Å². The molecule has 0 aliphatic heterocycles. The largest absolute Gasteiger partial charge is 0.471 e. The number of nitrogens with one attached hydrogen (secondary N) is 1. The molecule has 0 fully saturated rings. The van der Waals surface area contributed by atoms with Crippen LogP contribution in [0.4, 0.5) is 13.2 Å². The van der Waals surface area contributed by atoms with Crippen molar-refractivity contribution in [3.05, 3.63) is 11.6 Å². The summed E-state index contributed by atoms with van der Waals surface area (Å²) in [6.45, 7) is 11.7. The van der Waals surface area contributed by atoms with E-state index in [0.29, 0.717) is 0 Å². The molecule has 1 N–H and O–H groups in total. The molecule has 2 atom stereocenters. The summed E-state index contributed by atoms with van der Waals surface area (Å²) in [6.07, 6.45) is -3.55. The summed E-state index contributed by atoms with van der Waals surface area (Å²) in [6, 6.07) is -1.98. The molecule has 0 bridgehead atoms. The van der Waals surface area contributed by atoms with Crippen LogP contribution in [0.25, 0.3) is 0 Å². The van der Waals surface area contributed by atoms with Crippen LogP contribution in [0.15, 0.2) is 11.6 Å². The second-order valence-electron chi connectivity index (χ2n) is 8.02. The van der Waals surface area contributed by atoms with Gasteiger partial charge in [0.15, 0.2) is 0 Å². The van der Waals surface area contributed by atoms with Crippen LogP contribution >= 0.6 is 0 Å². The van der Waals surface area contributed by atoms with E-state index in [9.17, 15) is 27.6 Å². The first kappa shape index (κ1) is 25.9. The Morgan fingerprint density at radius 2 is 1.64 bits per heavy atom. The van der Waals surface area contributed by atoms with Gasteiger partial charge in [-0.05, 0) is 25.2 Å². The van der Waals surface area contributed by atoms with Crippen LogP contribution in [-0.4, -0.2) is 54.6 Å². The second kappa shape index (κ2) is 9.93. The maximum absolute atomic E-state index is 13.0. The number of likely N-dealkylation sites (N-methyl/N-ethyl adjacent to an activating group) is 1. The number of amides is 2. The smallest absolute Gasteiger partial charge is 0.463 e. The Morgan fingerprint density at radius 1 is 1.14 bits per heavy atom. The Bertz CT molecular complexity index is 607. The zero-order chi connectivity index (χ0) is 22.4. The Labute approximate surface area is 164 Å². The zero-order valence-corrected chi connectivity index (χ0v) is 17.7. The number of halogens is 3. The summed E-state index contributed by atoms with van der Waals surface area (Å²) in [7, 11) is 1.43. The molecule has 0 rings (SSSR count). The van der Waals surface area contributed by atoms with Gasteiger partial charge in [-0.2, -0.15) is 13.2 Å². The maximum atomic E-state index is 13.0. The molecule has 0 aliphatic rings. The van der Waals surface area contributed by atoms with E-state index < -0.39 is 41.5 Å². The number of hydrogen-bond acceptors (Lipinski definition) is 4. The van der Waals surface area contributed by atoms with E-state index in [0.717, 1.165) is 0 Å². The molecule has 0 aromatic heterocycles. The molecule has 0 aromatic carbocycles. The number of ether oxygens (including phenoxy) is 1. The Hall–Kier alpha value is -2.06. The first-order valence-electron chi connectivity index (χ1n) is 9.03. The highest BCUT2D eigenvalue weighted by molar-refractivity contribution is 5.91. The number of esters is 1. The molecule has 0 heterocycles. The highest BCUT2D eigenvalue weighted by Gasteiger charge is 2.44. The van der Waals surface area contributed by atoms with Crippen molar-refractivity contribution in [2.45, 2.75) is 66.7 Å². The zero-order valence-electron chi connectivity index (χ0n) is 17.7. The molecule has 0 saturated heterocycles. The Morgan fingerprint density at radius 3 is 2.00 bits per heavy atom. The molecular weight excluding hydrogens is 377 g/mol. The predicted octanol–water partition coefficient (Wildman–Crippen LogP) is 3.07. The van der Waals surface area contributed by atoms with Crippen LogP contribution in [0.2, 0.25) is 0 Å². The summed E-state index contributed by atoms with van der Waals surface area (Å²) in [5, 5.41) is 1.80. The average molecular weight is 408 g/mol. The standard InChI is InChI=1S/C19H31F3N2O4/c1-9-28-16(26)12(4)10-13(11(2)3)24(8)15(25)14(18(5,6)7)23-17(27)19(20,21)22/h10-11,13-14H,9H2,1-8H3,(H,23,27)/b12-10+/t13-,14?/m1/s1. The van der Waals surface area contributed by atoms with E-state index in [1.165, 1.54) is 11.9 Å². The fourth-order valence-electron chi connectivity index (χ4n) is 2.53. The van der Waals surface area contributed by atoms with Crippen LogP contribution in [0, 0.1) is 11.3 Å². The molecule has 0 aromatic rings. The van der Waals surface area contributed by atoms with Crippen molar-refractivity contribution >= 4 is 17.8 Å². The minimum atomic E-state index is -5.10. The number of carbonyl (C=O) groups excluding carboxylic acids is 3. The third-order valence-electron chi connectivity index (χ3n) is 4.14. The molecule has 2 amide bonds. The minimum Gasteiger partial charge on any atom is -0.463 e. The minimum absolute atomic E-state index is 0.141. The predicted molar refractivity (Wildman–Crippen MR) is 99.2 cm³/mol. The average Bonchev–Trinajstić information content (AvgIpc) is 2.53. The van der Waals surface area contributed by atoms with Gasteiger partial charge >= 0.3 is 18.1 Å². The number of alkyl halides is 3. The monoisotopic (exact) mass is 408 g/mol. The van der Waals surface area contributed by atoms with Crippen LogP contribution < -0.4 is 5.32 Å². The fraction of sp³-hybridized carbons (Fsp3) is 0.737. The van der Waals surface area contributed by atoms with Crippen molar-refractivity contribution in [2.24, 2.45) is 11.3 Å². The van der Waals surface area contributed by atoms with Crippen LogP contribution in [0.3, 0.4) is 0 Å². The molecule has 0 spiro atoms. The van der Waals surface area contributed by atoms with Crippen LogP contribution in [-0.2, 0) is 19.1 Å². The number of carbonyl (C=O) groups is 3. The molecule has 0 saturated carbocycles. The van der Waals surface area contributed by atoms with Gasteiger partial charge in [0.05, 0.1) is 12.6 Å². The summed E-state index contributed by atoms with van der Waals surface area (Å²) in [5.41, 5.74) is -0.680. The molecule has 9 heteroatoms. The summed E-state index contributed by atoms with van der Waals surface area (Å²) >= 11 is 0. The SMILES string of the molecule is CCOC(=O)/C(C)=C/[C@H](C(C)C)N(C)C(=O)C(NC(=O)C(F)(F)F)C(C)(C)C. The molecular formula is C19H31F3N2O4. The van der Waals surface area contributed by atoms with E-state index in [1.807, 2.05) is 13.8 Å². The lowest BCUT2D eigenvalue weighted by Gasteiger charge is -2.37. The third-order valence-corrected chi connectivity index (χ3v) is 4.14. The Balaban J connectivity index is 5.79. The topological polar surface area (TPSA) is 75.7 Å². The molecule has 1 unspecified atom stereocenters. The first-order chi connectivity index (χ1) is 12.5. The van der Waals surface area contributed by atoms with Gasteiger partial charge in [-0.3, -0.25) is 9.59 Å². The highest BCUT2D eigenvalue weighted by Crippen LogP contribution is 2.25. The van der Waals surface area contributed by atoms with Gasteiger partial charge in [0, 0.05) is 12.6 Å². The summed E-state index contributed by atoms with van der Waals surface area (Å²) in [4.78, 5) is 37.5. The van der Waals surface area contributed by atoms with E-state index in [4.69, 9.17) is 4.74 Å². The lowest BCUT2D eigenvalue weighted by molar-refractivity contribution is -0.176. The van der Waals surface area contributed by atoms with E-state index >= 15 is 0 Å². The van der Waals surface area contributed by atoms with Gasteiger partial charge < -0.3 is 15.0 Å². The quantitative estimate of drug-likeness (QED) is 0.519. The first-order valence-corrected chi connectivity index (χ1v) is 9.03. The molecule has 6 nitrogen and oxygen atoms in total. The van der Waals surface area contributed by atoms with Crippen molar-refractivity contribution in [3.8, 4) is 0 Å². The second-order valence-corrected chi connectivity index (χ2v) is 8.02. The van der Waals surface area contributed by atoms with Gasteiger partial charge in [-0.25, -0.2) is 4.79 Å². The van der Waals surface area contributed by atoms with Crippen molar-refractivity contribution in [1.29, 1.82) is 0 Å². The van der Waals surface area contributed by atoms with Gasteiger partial charge in [0.25, 0.3) is 0 Å².